The van der Waals surface area contributed by atoms with Crippen molar-refractivity contribution in [2.45, 2.75) is 45.4 Å². The first-order chi connectivity index (χ1) is 22.4. The quantitative estimate of drug-likeness (QED) is 0.189. The Hall–Kier alpha value is -4.85. The molecule has 246 valence electrons. The van der Waals surface area contributed by atoms with Gasteiger partial charge in [-0.3, -0.25) is 9.69 Å². The molecule has 3 amide bonds. The third kappa shape index (κ3) is 8.30. The van der Waals surface area contributed by atoms with Crippen LogP contribution in [0.25, 0.3) is 17.1 Å². The van der Waals surface area contributed by atoms with Gasteiger partial charge < -0.3 is 14.8 Å². The van der Waals surface area contributed by atoms with Crippen LogP contribution in [0.5, 0.6) is 11.5 Å². The van der Waals surface area contributed by atoms with Crippen molar-refractivity contribution in [1.82, 2.24) is 20.1 Å². The molecular formula is C33H33F3N6O4S. The Balaban J connectivity index is 1.17. The highest BCUT2D eigenvalue weighted by atomic mass is 32.2. The molecule has 10 nitrogen and oxygen atoms in total. The van der Waals surface area contributed by atoms with Crippen molar-refractivity contribution in [3.8, 4) is 28.6 Å². The second-order valence-corrected chi connectivity index (χ2v) is 12.0. The molecule has 0 aliphatic carbocycles. The summed E-state index contributed by atoms with van der Waals surface area (Å²) in [6, 6.07) is 18.1. The van der Waals surface area contributed by atoms with Crippen LogP contribution in [0.4, 0.5) is 23.7 Å². The largest absolute Gasteiger partial charge is 0.573 e. The second-order valence-electron chi connectivity index (χ2n) is 11.1. The number of rotatable bonds is 10. The van der Waals surface area contributed by atoms with Crippen molar-refractivity contribution < 1.29 is 32.2 Å². The van der Waals surface area contributed by atoms with Gasteiger partial charge in [-0.1, -0.05) is 62.9 Å². The molecule has 0 saturated carbocycles. The first kappa shape index (κ1) is 33.5. The number of nitrogens with one attached hydrogen (secondary N) is 1. The lowest BCUT2D eigenvalue weighted by Gasteiger charge is -2.22. The summed E-state index contributed by atoms with van der Waals surface area (Å²) >= 11 is 1.22. The number of hydrogen-bond donors (Lipinski definition) is 1. The summed E-state index contributed by atoms with van der Waals surface area (Å²) in [6.45, 7) is 6.50. The molecule has 0 spiro atoms. The van der Waals surface area contributed by atoms with E-state index in [4.69, 9.17) is 4.74 Å². The molecule has 1 atom stereocenters. The summed E-state index contributed by atoms with van der Waals surface area (Å²) in [4.78, 5) is 35.7. The maximum atomic E-state index is 12.8. The maximum absolute atomic E-state index is 12.8. The van der Waals surface area contributed by atoms with E-state index in [1.54, 1.807) is 13.2 Å². The van der Waals surface area contributed by atoms with Crippen molar-refractivity contribution in [3.63, 3.8) is 0 Å². The molecule has 1 aromatic heterocycles. The van der Waals surface area contributed by atoms with E-state index in [1.807, 2.05) is 50.2 Å². The predicted octanol–water partition coefficient (Wildman–Crippen LogP) is 7.30. The van der Waals surface area contributed by atoms with Crippen LogP contribution in [0.2, 0.25) is 0 Å². The van der Waals surface area contributed by atoms with Gasteiger partial charge in [-0.05, 0) is 59.7 Å². The normalized spacial score (nSPS) is 14.9. The predicted molar refractivity (Wildman–Crippen MR) is 174 cm³/mol. The fourth-order valence-corrected chi connectivity index (χ4v) is 5.84. The Morgan fingerprint density at radius 2 is 1.74 bits per heavy atom. The molecule has 1 aliphatic rings. The van der Waals surface area contributed by atoms with Crippen molar-refractivity contribution in [2.24, 2.45) is 4.99 Å². The third-order valence-electron chi connectivity index (χ3n) is 7.48. The number of aromatic nitrogens is 3. The molecule has 2 heterocycles. The Kier molecular flexibility index (Phi) is 10.2. The van der Waals surface area contributed by atoms with Crippen LogP contribution >= 0.6 is 11.8 Å². The number of hydrogen-bond acceptors (Lipinski definition) is 7. The van der Waals surface area contributed by atoms with Crippen LogP contribution in [-0.2, 0) is 4.79 Å². The number of amidine groups is 1. The molecule has 0 radical (unpaired) electrons. The Bertz CT molecular complexity index is 1760. The van der Waals surface area contributed by atoms with Crippen LogP contribution in [0.1, 0.15) is 50.2 Å². The molecule has 1 aliphatic heterocycles. The summed E-state index contributed by atoms with van der Waals surface area (Å²) in [7, 11) is 1.56. The van der Waals surface area contributed by atoms with Crippen LogP contribution < -0.4 is 19.7 Å². The fourth-order valence-electron chi connectivity index (χ4n) is 4.98. The fraction of sp³-hybridized carbons (Fsp3) is 0.303. The van der Waals surface area contributed by atoms with Gasteiger partial charge in [-0.15, -0.1) is 18.3 Å². The van der Waals surface area contributed by atoms with Crippen LogP contribution in [0, 0.1) is 0 Å². The van der Waals surface area contributed by atoms with Gasteiger partial charge in [-0.2, -0.15) is 4.99 Å². The Morgan fingerprint density at radius 1 is 1.04 bits per heavy atom. The topological polar surface area (TPSA) is 111 Å². The zero-order valence-corrected chi connectivity index (χ0v) is 26.9. The zero-order chi connectivity index (χ0) is 33.7. The summed E-state index contributed by atoms with van der Waals surface area (Å²) in [5.74, 6) is 1.05. The molecule has 1 fully saturated rings. The molecule has 3 aromatic carbocycles. The number of ether oxygens (including phenoxy) is 2. The van der Waals surface area contributed by atoms with Gasteiger partial charge in [0.05, 0.1) is 24.2 Å². The highest BCUT2D eigenvalue weighted by molar-refractivity contribution is 8.15. The number of amides is 3. The van der Waals surface area contributed by atoms with Gasteiger partial charge in [0.2, 0.25) is 5.91 Å². The molecule has 1 unspecified atom stereocenters. The van der Waals surface area contributed by atoms with Crippen LogP contribution in [-0.4, -0.2) is 57.6 Å². The number of benzene rings is 3. The van der Waals surface area contributed by atoms with E-state index in [9.17, 15) is 22.8 Å². The summed E-state index contributed by atoms with van der Waals surface area (Å²) in [5.41, 5.74) is 3.96. The van der Waals surface area contributed by atoms with Crippen LogP contribution in [0.3, 0.4) is 0 Å². The molecule has 1 N–H and O–H groups in total. The standard InChI is InChI=1S/C33H33F3N6O4S/c1-20(2)27-14-13-26(45-4)17-28(27)42-29(43)18-47-32(42)39-31(44)37-16-15-21(3)22-5-7-23(8-6-22)30-38-19-41(40-30)24-9-11-25(12-10-24)46-33(34,35)36/h5-14,17,19-21H,15-16,18H2,1-4H3,(H,37,44)/b39-32-. The number of urea groups is 1. The van der Waals surface area contributed by atoms with Crippen molar-refractivity contribution in [2.75, 3.05) is 24.3 Å². The van der Waals surface area contributed by atoms with Crippen molar-refractivity contribution in [3.05, 3.63) is 84.2 Å². The van der Waals surface area contributed by atoms with E-state index in [-0.39, 0.29) is 29.2 Å². The highest BCUT2D eigenvalue weighted by Crippen LogP contribution is 2.36. The van der Waals surface area contributed by atoms with E-state index < -0.39 is 12.4 Å². The minimum absolute atomic E-state index is 0.115. The SMILES string of the molecule is COc1ccc(C(C)C)c(N2C(=O)CS/C2=N\C(=O)NCCC(C)c2ccc(-c3ncn(-c4ccc(OC(F)(F)F)cc4)n3)cc2)c1. The second kappa shape index (κ2) is 14.3. The molecule has 5 rings (SSSR count). The minimum Gasteiger partial charge on any atom is -0.497 e. The van der Waals surface area contributed by atoms with E-state index in [1.165, 1.54) is 51.9 Å². The number of nitrogens with zero attached hydrogens (tertiary/aromatic N) is 5. The average molecular weight is 667 g/mol. The minimum atomic E-state index is -4.76. The Morgan fingerprint density at radius 3 is 2.40 bits per heavy atom. The number of alkyl halides is 3. The van der Waals surface area contributed by atoms with E-state index in [0.717, 1.165) is 16.7 Å². The number of anilines is 1. The molecule has 47 heavy (non-hydrogen) atoms. The number of methoxy groups -OCH3 is 1. The number of carbonyl (C=O) groups is 2. The Labute approximate surface area is 274 Å². The number of thioether (sulfide) groups is 1. The molecular weight excluding hydrogens is 633 g/mol. The lowest BCUT2D eigenvalue weighted by Crippen LogP contribution is -2.32. The van der Waals surface area contributed by atoms with Gasteiger partial charge in [0.15, 0.2) is 11.0 Å². The van der Waals surface area contributed by atoms with Gasteiger partial charge >= 0.3 is 12.4 Å². The number of aliphatic imine (C=N–C) groups is 1. The summed E-state index contributed by atoms with van der Waals surface area (Å²) in [6.07, 6.45) is -2.62. The van der Waals surface area contributed by atoms with Gasteiger partial charge in [0.25, 0.3) is 0 Å². The monoisotopic (exact) mass is 666 g/mol. The van der Waals surface area contributed by atoms with Gasteiger partial charge in [-0.25, -0.2) is 14.5 Å². The maximum Gasteiger partial charge on any atom is 0.573 e. The van der Waals surface area contributed by atoms with E-state index in [2.05, 4.69) is 32.1 Å². The van der Waals surface area contributed by atoms with Crippen LogP contribution in [0.15, 0.2) is 78.0 Å². The van der Waals surface area contributed by atoms with Crippen molar-refractivity contribution >= 4 is 34.6 Å². The van der Waals surface area contributed by atoms with Gasteiger partial charge in [0, 0.05) is 18.2 Å². The lowest BCUT2D eigenvalue weighted by atomic mass is 9.96. The van der Waals surface area contributed by atoms with Gasteiger partial charge in [0.1, 0.15) is 17.8 Å². The first-order valence-electron chi connectivity index (χ1n) is 14.8. The van der Waals surface area contributed by atoms with E-state index in [0.29, 0.717) is 41.1 Å². The summed E-state index contributed by atoms with van der Waals surface area (Å²) < 4.78 is 48.0. The smallest absolute Gasteiger partial charge is 0.497 e. The summed E-state index contributed by atoms with van der Waals surface area (Å²) in [5, 5.41) is 7.61. The van der Waals surface area contributed by atoms with E-state index >= 15 is 0 Å². The molecule has 0 bridgehead atoms. The third-order valence-corrected chi connectivity index (χ3v) is 8.40. The lowest BCUT2D eigenvalue weighted by molar-refractivity contribution is -0.274. The van der Waals surface area contributed by atoms with Crippen molar-refractivity contribution in [1.29, 1.82) is 0 Å². The molecule has 4 aromatic rings. The average Bonchev–Trinajstić information content (AvgIpc) is 3.67. The highest BCUT2D eigenvalue weighted by Gasteiger charge is 2.33. The number of halogens is 3. The number of carbonyl (C=O) groups excluding carboxylic acids is 2. The molecule has 1 saturated heterocycles. The zero-order valence-electron chi connectivity index (χ0n) is 26.1. The first-order valence-corrected chi connectivity index (χ1v) is 15.8. The molecule has 14 heteroatoms.